The maximum absolute atomic E-state index is 11.7. The number of carbonyl (C=O) groups is 1. The van der Waals surface area contributed by atoms with Gasteiger partial charge in [0.1, 0.15) is 10.7 Å². The number of hydrogen-bond acceptors (Lipinski definition) is 6. The molecule has 1 amide bonds. The number of thiazole rings is 2. The molecule has 0 spiro atoms. The maximum Gasteiger partial charge on any atom is 0.270 e. The van der Waals surface area contributed by atoms with Gasteiger partial charge in [0.25, 0.3) is 5.91 Å². The number of hydrogen-bond donors (Lipinski definition) is 2. The van der Waals surface area contributed by atoms with Gasteiger partial charge in [0.2, 0.25) is 0 Å². The summed E-state index contributed by atoms with van der Waals surface area (Å²) in [7, 11) is 0. The van der Waals surface area contributed by atoms with Crippen LogP contribution >= 0.6 is 47.5 Å². The standard InChI is InChI=1S/C10H12N4OS2.2ClH/c11-3-9-14-8(5-17-9)10(15)12-2-1-7-4-16-6-13-7;;/h4-6H,1-3,11H2,(H,12,15);2*1H. The number of nitrogens with one attached hydrogen (secondary N) is 1. The number of rotatable bonds is 5. The minimum atomic E-state index is -0.156. The van der Waals surface area contributed by atoms with Crippen LogP contribution in [0.25, 0.3) is 0 Å². The third-order valence-electron chi connectivity index (χ3n) is 2.11. The lowest BCUT2D eigenvalue weighted by Crippen LogP contribution is -2.26. The summed E-state index contributed by atoms with van der Waals surface area (Å²) >= 11 is 2.95. The Morgan fingerprint density at radius 1 is 1.37 bits per heavy atom. The van der Waals surface area contributed by atoms with E-state index in [1.807, 2.05) is 5.38 Å². The first-order valence-electron chi connectivity index (χ1n) is 5.09. The fourth-order valence-corrected chi connectivity index (χ4v) is 2.51. The average molecular weight is 341 g/mol. The molecule has 0 aliphatic carbocycles. The van der Waals surface area contributed by atoms with Crippen molar-refractivity contribution in [2.75, 3.05) is 6.54 Å². The van der Waals surface area contributed by atoms with Crippen molar-refractivity contribution in [2.24, 2.45) is 5.73 Å². The van der Waals surface area contributed by atoms with Crippen molar-refractivity contribution < 1.29 is 4.79 Å². The van der Waals surface area contributed by atoms with Gasteiger partial charge in [-0.15, -0.1) is 47.5 Å². The first kappa shape index (κ1) is 18.3. The molecule has 2 heterocycles. The summed E-state index contributed by atoms with van der Waals surface area (Å²) < 4.78 is 0. The Morgan fingerprint density at radius 3 is 2.74 bits per heavy atom. The lowest BCUT2D eigenvalue weighted by Gasteiger charge is -2.00. The molecule has 0 saturated heterocycles. The predicted molar refractivity (Wildman–Crippen MR) is 82.7 cm³/mol. The van der Waals surface area contributed by atoms with Crippen LogP contribution in [0.2, 0.25) is 0 Å². The van der Waals surface area contributed by atoms with Crippen LogP contribution in [0.1, 0.15) is 21.2 Å². The van der Waals surface area contributed by atoms with E-state index in [2.05, 4.69) is 15.3 Å². The van der Waals surface area contributed by atoms with Crippen LogP contribution in [0.5, 0.6) is 0 Å². The molecule has 0 radical (unpaired) electrons. The number of amides is 1. The Hall–Kier alpha value is -0.730. The van der Waals surface area contributed by atoms with Crippen molar-refractivity contribution in [1.82, 2.24) is 15.3 Å². The normalized spacial score (nSPS) is 9.32. The Kier molecular flexibility index (Phi) is 8.86. The summed E-state index contributed by atoms with van der Waals surface area (Å²) in [5.41, 5.74) is 8.65. The number of halogens is 2. The van der Waals surface area contributed by atoms with E-state index in [0.29, 0.717) is 18.8 Å². The van der Waals surface area contributed by atoms with Gasteiger partial charge < -0.3 is 11.1 Å². The second-order valence-corrected chi connectivity index (χ2v) is 4.98. The fraction of sp³-hybridized carbons (Fsp3) is 0.300. The van der Waals surface area contributed by atoms with Crippen LogP contribution in [0.3, 0.4) is 0 Å². The molecule has 3 N–H and O–H groups in total. The van der Waals surface area contributed by atoms with E-state index < -0.39 is 0 Å². The second-order valence-electron chi connectivity index (χ2n) is 3.32. The van der Waals surface area contributed by atoms with Crippen molar-refractivity contribution in [1.29, 1.82) is 0 Å². The van der Waals surface area contributed by atoms with E-state index in [4.69, 9.17) is 5.73 Å². The molecule has 19 heavy (non-hydrogen) atoms. The molecule has 0 unspecified atom stereocenters. The average Bonchev–Trinajstić information content (AvgIpc) is 2.99. The van der Waals surface area contributed by atoms with E-state index >= 15 is 0 Å². The van der Waals surface area contributed by atoms with E-state index in [0.717, 1.165) is 17.1 Å². The van der Waals surface area contributed by atoms with E-state index in [-0.39, 0.29) is 30.7 Å². The molecule has 0 aliphatic heterocycles. The van der Waals surface area contributed by atoms with Gasteiger partial charge in [-0.1, -0.05) is 0 Å². The smallest absolute Gasteiger partial charge is 0.270 e. The minimum absolute atomic E-state index is 0. The van der Waals surface area contributed by atoms with Crippen LogP contribution < -0.4 is 11.1 Å². The molecule has 106 valence electrons. The molecular weight excluding hydrogens is 327 g/mol. The highest BCUT2D eigenvalue weighted by atomic mass is 35.5. The number of carbonyl (C=O) groups excluding carboxylic acids is 1. The summed E-state index contributed by atoms with van der Waals surface area (Å²) in [5.74, 6) is -0.156. The van der Waals surface area contributed by atoms with Crippen molar-refractivity contribution >= 4 is 53.4 Å². The molecule has 0 fully saturated rings. The van der Waals surface area contributed by atoms with Gasteiger partial charge in [-0.25, -0.2) is 9.97 Å². The SMILES string of the molecule is Cl.Cl.NCc1nc(C(=O)NCCc2cscn2)cs1. The summed E-state index contributed by atoms with van der Waals surface area (Å²) in [6.45, 7) is 0.939. The fourth-order valence-electron chi connectivity index (χ4n) is 1.26. The van der Waals surface area contributed by atoms with Gasteiger partial charge in [-0.3, -0.25) is 4.79 Å². The van der Waals surface area contributed by atoms with Crippen LogP contribution in [0.15, 0.2) is 16.3 Å². The third kappa shape index (κ3) is 5.42. The van der Waals surface area contributed by atoms with Crippen LogP contribution in [0, 0.1) is 0 Å². The second kappa shape index (κ2) is 9.22. The Bertz CT molecular complexity index is 489. The number of nitrogens with two attached hydrogens (primary N) is 1. The molecule has 0 saturated carbocycles. The van der Waals surface area contributed by atoms with Crippen molar-refractivity contribution in [3.63, 3.8) is 0 Å². The van der Waals surface area contributed by atoms with Gasteiger partial charge in [-0.05, 0) is 0 Å². The molecule has 2 rings (SSSR count). The summed E-state index contributed by atoms with van der Waals surface area (Å²) in [6.07, 6.45) is 0.739. The van der Waals surface area contributed by atoms with Gasteiger partial charge in [0.15, 0.2) is 0 Å². The summed E-state index contributed by atoms with van der Waals surface area (Å²) in [4.78, 5) is 19.9. The Morgan fingerprint density at radius 2 is 2.16 bits per heavy atom. The van der Waals surface area contributed by atoms with E-state index in [1.165, 1.54) is 11.3 Å². The van der Waals surface area contributed by atoms with Gasteiger partial charge in [0.05, 0.1) is 11.2 Å². The monoisotopic (exact) mass is 340 g/mol. The van der Waals surface area contributed by atoms with E-state index in [1.54, 1.807) is 22.2 Å². The van der Waals surface area contributed by atoms with Crippen molar-refractivity contribution in [3.8, 4) is 0 Å². The molecule has 0 aromatic carbocycles. The minimum Gasteiger partial charge on any atom is -0.350 e. The quantitative estimate of drug-likeness (QED) is 0.870. The summed E-state index contributed by atoms with van der Waals surface area (Å²) in [5, 5.41) is 7.27. The van der Waals surface area contributed by atoms with Gasteiger partial charge in [-0.2, -0.15) is 0 Å². The van der Waals surface area contributed by atoms with Crippen LogP contribution in [-0.2, 0) is 13.0 Å². The molecule has 0 bridgehead atoms. The Labute approximate surface area is 131 Å². The topological polar surface area (TPSA) is 80.9 Å². The molecule has 5 nitrogen and oxygen atoms in total. The van der Waals surface area contributed by atoms with E-state index in [9.17, 15) is 4.79 Å². The highest BCUT2D eigenvalue weighted by Gasteiger charge is 2.09. The zero-order chi connectivity index (χ0) is 12.1. The molecule has 0 atom stereocenters. The number of aromatic nitrogens is 2. The lowest BCUT2D eigenvalue weighted by molar-refractivity contribution is 0.0949. The van der Waals surface area contributed by atoms with Gasteiger partial charge >= 0.3 is 0 Å². The van der Waals surface area contributed by atoms with Crippen molar-refractivity contribution in [2.45, 2.75) is 13.0 Å². The Balaban J connectivity index is 0.00000162. The first-order valence-corrected chi connectivity index (χ1v) is 6.91. The highest BCUT2D eigenvalue weighted by Crippen LogP contribution is 2.08. The zero-order valence-corrected chi connectivity index (χ0v) is 13.1. The molecule has 0 aliphatic rings. The van der Waals surface area contributed by atoms with Crippen LogP contribution in [-0.4, -0.2) is 22.4 Å². The lowest BCUT2D eigenvalue weighted by atomic mass is 10.3. The van der Waals surface area contributed by atoms with Gasteiger partial charge in [0, 0.05) is 30.3 Å². The molecule has 9 heteroatoms. The molecule has 2 aromatic heterocycles. The summed E-state index contributed by atoms with van der Waals surface area (Å²) in [6, 6.07) is 0. The third-order valence-corrected chi connectivity index (χ3v) is 3.62. The first-order chi connectivity index (χ1) is 8.29. The van der Waals surface area contributed by atoms with Crippen molar-refractivity contribution in [3.05, 3.63) is 32.7 Å². The predicted octanol–water partition coefficient (Wildman–Crippen LogP) is 1.87. The zero-order valence-electron chi connectivity index (χ0n) is 9.87. The molecular formula is C10H14Cl2N4OS2. The molecule has 2 aromatic rings. The highest BCUT2D eigenvalue weighted by molar-refractivity contribution is 7.09. The maximum atomic E-state index is 11.7. The number of nitrogens with zero attached hydrogens (tertiary/aromatic N) is 2. The van der Waals surface area contributed by atoms with Crippen LogP contribution in [0.4, 0.5) is 0 Å². The largest absolute Gasteiger partial charge is 0.350 e.